The van der Waals surface area contributed by atoms with Crippen molar-refractivity contribution in [3.63, 3.8) is 0 Å². The highest BCUT2D eigenvalue weighted by Gasteiger charge is 2.51. The van der Waals surface area contributed by atoms with E-state index in [1.165, 1.54) is 0 Å². The third-order valence-electron chi connectivity index (χ3n) is 2.78. The molecule has 2 heterocycles. The maximum absolute atomic E-state index is 11.9. The van der Waals surface area contributed by atoms with Gasteiger partial charge in [0.25, 0.3) is 11.7 Å². The molecule has 5 heteroatoms. The van der Waals surface area contributed by atoms with E-state index >= 15 is 0 Å². The Morgan fingerprint density at radius 2 is 2.06 bits per heavy atom. The molecule has 1 fully saturated rings. The predicted molar refractivity (Wildman–Crippen MR) is 58.3 cm³/mol. The fourth-order valence-electron chi connectivity index (χ4n) is 2.05. The van der Waals surface area contributed by atoms with Crippen molar-refractivity contribution in [3.8, 4) is 0 Å². The number of halogens is 1. The number of ether oxygens (including phenoxy) is 2. The van der Waals surface area contributed by atoms with Crippen LogP contribution in [-0.4, -0.2) is 19.1 Å². The van der Waals surface area contributed by atoms with Crippen molar-refractivity contribution in [1.82, 2.24) is 0 Å². The van der Waals surface area contributed by atoms with Gasteiger partial charge in [0.2, 0.25) is 0 Å². The molecule has 16 heavy (non-hydrogen) atoms. The molecule has 2 aliphatic rings. The van der Waals surface area contributed by atoms with E-state index in [4.69, 9.17) is 21.1 Å². The average molecular weight is 240 g/mol. The van der Waals surface area contributed by atoms with E-state index in [1.807, 2.05) is 0 Å². The normalized spacial score (nSPS) is 21.9. The highest BCUT2D eigenvalue weighted by molar-refractivity contribution is 6.31. The first-order valence-electron chi connectivity index (χ1n) is 5.12. The molecular formula is C11H10ClNO3. The van der Waals surface area contributed by atoms with Gasteiger partial charge in [0.05, 0.1) is 18.9 Å². The maximum atomic E-state index is 11.9. The molecule has 2 aliphatic heterocycles. The lowest BCUT2D eigenvalue weighted by molar-refractivity contribution is -0.255. The summed E-state index contributed by atoms with van der Waals surface area (Å²) < 4.78 is 11.1. The van der Waals surface area contributed by atoms with E-state index < -0.39 is 5.79 Å². The summed E-state index contributed by atoms with van der Waals surface area (Å²) in [4.78, 5) is 11.9. The predicted octanol–water partition coefficient (Wildman–Crippen LogP) is 1.88. The summed E-state index contributed by atoms with van der Waals surface area (Å²) in [5.41, 5.74) is 1.38. The van der Waals surface area contributed by atoms with Crippen LogP contribution in [0.4, 0.5) is 5.69 Å². The van der Waals surface area contributed by atoms with Crippen LogP contribution >= 0.6 is 11.6 Å². The number of carbonyl (C=O) groups is 1. The lowest BCUT2D eigenvalue weighted by atomic mass is 10.1. The largest absolute Gasteiger partial charge is 0.338 e. The van der Waals surface area contributed by atoms with Gasteiger partial charge >= 0.3 is 0 Å². The molecular weight excluding hydrogens is 230 g/mol. The van der Waals surface area contributed by atoms with Gasteiger partial charge in [-0.05, 0) is 24.6 Å². The summed E-state index contributed by atoms with van der Waals surface area (Å²) in [5.74, 6) is -1.53. The van der Waals surface area contributed by atoms with Crippen LogP contribution in [0.2, 0.25) is 5.02 Å². The summed E-state index contributed by atoms with van der Waals surface area (Å²) in [5, 5.41) is 3.30. The molecule has 1 aromatic rings. The van der Waals surface area contributed by atoms with Crippen molar-refractivity contribution in [1.29, 1.82) is 0 Å². The maximum Gasteiger partial charge on any atom is 0.289 e. The van der Waals surface area contributed by atoms with Gasteiger partial charge in [-0.15, -0.1) is 0 Å². The fraction of sp³-hybridized carbons (Fsp3) is 0.364. The molecule has 4 nitrogen and oxygen atoms in total. The van der Waals surface area contributed by atoms with E-state index in [9.17, 15) is 4.79 Å². The minimum atomic E-state index is -1.25. The van der Waals surface area contributed by atoms with E-state index in [1.54, 1.807) is 18.2 Å². The highest BCUT2D eigenvalue weighted by Crippen LogP contribution is 2.42. The van der Waals surface area contributed by atoms with E-state index in [0.29, 0.717) is 29.5 Å². The Balaban J connectivity index is 2.11. The molecule has 1 spiro atoms. The third kappa shape index (κ3) is 1.27. The monoisotopic (exact) mass is 239 g/mol. The van der Waals surface area contributed by atoms with Gasteiger partial charge in [-0.25, -0.2) is 0 Å². The SMILES string of the molecule is O=C1Nc2cc(Cl)ccc2C12OCCCO2. The fourth-order valence-corrected chi connectivity index (χ4v) is 2.22. The molecule has 1 saturated heterocycles. The van der Waals surface area contributed by atoms with E-state index in [2.05, 4.69) is 5.32 Å². The Morgan fingerprint density at radius 1 is 1.31 bits per heavy atom. The molecule has 0 unspecified atom stereocenters. The molecule has 0 aliphatic carbocycles. The Bertz CT molecular complexity index is 455. The van der Waals surface area contributed by atoms with Crippen LogP contribution in [0, 0.1) is 0 Å². The second-order valence-corrected chi connectivity index (χ2v) is 4.25. The zero-order valence-corrected chi connectivity index (χ0v) is 9.21. The van der Waals surface area contributed by atoms with Gasteiger partial charge in [0.15, 0.2) is 0 Å². The minimum absolute atomic E-state index is 0.274. The zero-order chi connectivity index (χ0) is 11.2. The standard InChI is InChI=1S/C11H10ClNO3/c12-7-2-3-8-9(6-7)13-10(14)11(8)15-4-1-5-16-11/h2-3,6H,1,4-5H2,(H,13,14). The summed E-state index contributed by atoms with van der Waals surface area (Å²) in [6, 6.07) is 5.19. The number of benzene rings is 1. The number of amides is 1. The molecule has 1 N–H and O–H groups in total. The topological polar surface area (TPSA) is 47.6 Å². The first-order chi connectivity index (χ1) is 7.72. The van der Waals surface area contributed by atoms with Crippen LogP contribution in [0.25, 0.3) is 0 Å². The third-order valence-corrected chi connectivity index (χ3v) is 3.02. The summed E-state index contributed by atoms with van der Waals surface area (Å²) in [7, 11) is 0. The van der Waals surface area contributed by atoms with Crippen LogP contribution in [0.1, 0.15) is 12.0 Å². The molecule has 0 bridgehead atoms. The van der Waals surface area contributed by atoms with E-state index in [-0.39, 0.29) is 5.91 Å². The second-order valence-electron chi connectivity index (χ2n) is 3.81. The molecule has 0 radical (unpaired) electrons. The first kappa shape index (κ1) is 10.1. The van der Waals surface area contributed by atoms with Crippen molar-refractivity contribution < 1.29 is 14.3 Å². The van der Waals surface area contributed by atoms with Crippen molar-refractivity contribution in [2.75, 3.05) is 18.5 Å². The average Bonchev–Trinajstić information content (AvgIpc) is 2.53. The number of nitrogens with one attached hydrogen (secondary N) is 1. The van der Waals surface area contributed by atoms with Gasteiger partial charge in [-0.2, -0.15) is 0 Å². The molecule has 1 amide bonds. The van der Waals surface area contributed by atoms with Gasteiger partial charge in [-0.3, -0.25) is 4.79 Å². The zero-order valence-electron chi connectivity index (χ0n) is 8.46. The Morgan fingerprint density at radius 3 is 2.81 bits per heavy atom. The summed E-state index contributed by atoms with van der Waals surface area (Å²) in [6.07, 6.45) is 0.804. The smallest absolute Gasteiger partial charge is 0.289 e. The van der Waals surface area contributed by atoms with Crippen molar-refractivity contribution >= 4 is 23.2 Å². The molecule has 3 rings (SSSR count). The second kappa shape index (κ2) is 3.45. The first-order valence-corrected chi connectivity index (χ1v) is 5.49. The van der Waals surface area contributed by atoms with Crippen molar-refractivity contribution in [2.45, 2.75) is 12.2 Å². The van der Waals surface area contributed by atoms with Gasteiger partial charge in [0, 0.05) is 10.6 Å². The minimum Gasteiger partial charge on any atom is -0.338 e. The van der Waals surface area contributed by atoms with E-state index in [0.717, 1.165) is 6.42 Å². The number of anilines is 1. The number of carbonyl (C=O) groups excluding carboxylic acids is 1. The van der Waals surface area contributed by atoms with Crippen LogP contribution in [0.15, 0.2) is 18.2 Å². The quantitative estimate of drug-likeness (QED) is 0.752. The summed E-state index contributed by atoms with van der Waals surface area (Å²) in [6.45, 7) is 1.05. The van der Waals surface area contributed by atoms with Crippen molar-refractivity contribution in [3.05, 3.63) is 28.8 Å². The Labute approximate surface area is 97.5 Å². The number of hydrogen-bond donors (Lipinski definition) is 1. The molecule has 0 atom stereocenters. The van der Waals surface area contributed by atoms with Gasteiger partial charge < -0.3 is 14.8 Å². The molecule has 0 saturated carbocycles. The summed E-state index contributed by atoms with van der Waals surface area (Å²) >= 11 is 5.87. The number of rotatable bonds is 0. The van der Waals surface area contributed by atoms with Gasteiger partial charge in [0.1, 0.15) is 0 Å². The van der Waals surface area contributed by atoms with Gasteiger partial charge in [-0.1, -0.05) is 11.6 Å². The molecule has 84 valence electrons. The van der Waals surface area contributed by atoms with Crippen LogP contribution in [-0.2, 0) is 20.1 Å². The number of hydrogen-bond acceptors (Lipinski definition) is 3. The Kier molecular flexibility index (Phi) is 2.17. The lowest BCUT2D eigenvalue weighted by Gasteiger charge is -2.31. The van der Waals surface area contributed by atoms with Crippen LogP contribution in [0.3, 0.4) is 0 Å². The lowest BCUT2D eigenvalue weighted by Crippen LogP contribution is -2.43. The van der Waals surface area contributed by atoms with Crippen LogP contribution < -0.4 is 5.32 Å². The van der Waals surface area contributed by atoms with Crippen LogP contribution in [0.5, 0.6) is 0 Å². The molecule has 1 aromatic carbocycles. The van der Waals surface area contributed by atoms with Crippen molar-refractivity contribution in [2.24, 2.45) is 0 Å². The number of fused-ring (bicyclic) bond motifs is 2. The molecule has 0 aromatic heterocycles. The highest BCUT2D eigenvalue weighted by atomic mass is 35.5. The Hall–Kier alpha value is -1.10.